The van der Waals surface area contributed by atoms with Gasteiger partial charge in [-0.2, -0.15) is 5.10 Å². The first kappa shape index (κ1) is 18.3. The number of nitrogens with one attached hydrogen (secondary N) is 1. The number of anilines is 2. The van der Waals surface area contributed by atoms with E-state index in [2.05, 4.69) is 32.2 Å². The summed E-state index contributed by atoms with van der Waals surface area (Å²) < 4.78 is 15.4. The minimum absolute atomic E-state index is 0.0789. The van der Waals surface area contributed by atoms with E-state index < -0.39 is 11.7 Å². The van der Waals surface area contributed by atoms with Crippen LogP contribution in [-0.2, 0) is 7.05 Å². The first-order valence-electron chi connectivity index (χ1n) is 8.81. The zero-order valence-electron chi connectivity index (χ0n) is 15.5. The third-order valence-electron chi connectivity index (χ3n) is 4.75. The molecule has 0 atom stereocenters. The summed E-state index contributed by atoms with van der Waals surface area (Å²) >= 11 is 1.61. The fourth-order valence-corrected chi connectivity index (χ4v) is 3.89. The smallest absolute Gasteiger partial charge is 0.276 e. The second kappa shape index (κ2) is 7.51. The van der Waals surface area contributed by atoms with Gasteiger partial charge < -0.3 is 10.2 Å². The predicted molar refractivity (Wildman–Crippen MR) is 107 cm³/mol. The molecule has 0 aliphatic carbocycles. The summed E-state index contributed by atoms with van der Waals surface area (Å²) in [6.45, 7) is 3.72. The number of nitrogens with zero attached hydrogens (tertiary/aromatic N) is 5. The fourth-order valence-electron chi connectivity index (χ4n) is 3.22. The maximum absolute atomic E-state index is 13.7. The summed E-state index contributed by atoms with van der Waals surface area (Å²) in [5.41, 5.74) is 3.59. The van der Waals surface area contributed by atoms with Gasteiger partial charge in [-0.15, -0.1) is 11.3 Å². The molecule has 0 unspecified atom stereocenters. The van der Waals surface area contributed by atoms with Crippen molar-refractivity contribution in [2.45, 2.75) is 13.3 Å². The molecule has 0 saturated heterocycles. The molecule has 0 aromatic carbocycles. The third kappa shape index (κ3) is 3.53. The Balaban J connectivity index is 1.58. The average molecular weight is 398 g/mol. The van der Waals surface area contributed by atoms with E-state index in [0.29, 0.717) is 6.54 Å². The molecule has 3 aromatic rings. The zero-order valence-corrected chi connectivity index (χ0v) is 16.3. The second-order valence-corrected chi connectivity index (χ2v) is 7.47. The molecule has 28 heavy (non-hydrogen) atoms. The summed E-state index contributed by atoms with van der Waals surface area (Å²) in [6.07, 6.45) is 5.20. The number of aromatic nitrogens is 4. The van der Waals surface area contributed by atoms with Gasteiger partial charge in [0.2, 0.25) is 0 Å². The van der Waals surface area contributed by atoms with E-state index in [4.69, 9.17) is 0 Å². The van der Waals surface area contributed by atoms with Gasteiger partial charge in [0.15, 0.2) is 16.6 Å². The largest absolute Gasteiger partial charge is 0.343 e. The second-order valence-electron chi connectivity index (χ2n) is 6.59. The van der Waals surface area contributed by atoms with Crippen molar-refractivity contribution in [3.05, 3.63) is 58.9 Å². The van der Waals surface area contributed by atoms with Crippen LogP contribution in [0, 0.1) is 5.82 Å². The summed E-state index contributed by atoms with van der Waals surface area (Å²) in [4.78, 5) is 22.8. The quantitative estimate of drug-likeness (QED) is 0.729. The molecule has 0 radical (unpaired) electrons. The van der Waals surface area contributed by atoms with E-state index in [1.807, 2.05) is 12.4 Å². The molecule has 0 spiro atoms. The van der Waals surface area contributed by atoms with Crippen LogP contribution < -0.4 is 10.2 Å². The number of hydrogen-bond acceptors (Lipinski definition) is 6. The molecular formula is C19H19FN6OS. The van der Waals surface area contributed by atoms with Gasteiger partial charge in [0.05, 0.1) is 17.6 Å². The van der Waals surface area contributed by atoms with E-state index in [-0.39, 0.29) is 11.4 Å². The lowest BCUT2D eigenvalue weighted by Gasteiger charge is -2.29. The number of rotatable bonds is 4. The number of pyridine rings is 1. The Morgan fingerprint density at radius 2 is 2.21 bits per heavy atom. The van der Waals surface area contributed by atoms with Crippen molar-refractivity contribution in [2.24, 2.45) is 7.05 Å². The molecule has 0 saturated carbocycles. The topological polar surface area (TPSA) is 75.9 Å². The van der Waals surface area contributed by atoms with Crippen molar-refractivity contribution >= 4 is 33.6 Å². The van der Waals surface area contributed by atoms with Gasteiger partial charge in [-0.1, -0.05) is 5.57 Å². The summed E-state index contributed by atoms with van der Waals surface area (Å²) in [5.74, 6) is -1.05. The molecule has 144 valence electrons. The molecule has 1 N–H and O–H groups in total. The van der Waals surface area contributed by atoms with E-state index in [0.717, 1.165) is 35.6 Å². The number of hydrogen-bond donors (Lipinski definition) is 1. The molecule has 4 heterocycles. The summed E-state index contributed by atoms with van der Waals surface area (Å²) in [5, 5.41) is 9.83. The predicted octanol–water partition coefficient (Wildman–Crippen LogP) is 3.35. The lowest BCUT2D eigenvalue weighted by Crippen LogP contribution is -2.31. The van der Waals surface area contributed by atoms with Gasteiger partial charge in [0.1, 0.15) is 0 Å². The number of halogens is 1. The van der Waals surface area contributed by atoms with Gasteiger partial charge in [-0.3, -0.25) is 14.5 Å². The highest BCUT2D eigenvalue weighted by Gasteiger charge is 2.23. The molecular weight excluding hydrogens is 379 g/mol. The molecule has 1 aliphatic rings. The maximum Gasteiger partial charge on any atom is 0.276 e. The lowest BCUT2D eigenvalue weighted by atomic mass is 9.99. The van der Waals surface area contributed by atoms with Gasteiger partial charge >= 0.3 is 0 Å². The standard InChI is InChI=1S/C19H19FN6OS/c1-12-4-7-26(19-22-6-8-28-19)11-13(12)17-9-16(24-25(17)2)18(27)23-15-3-5-21-10-14(15)20/h3,5-6,8-10H,4,7,11H2,1-2H3,(H,21,23,27). The molecule has 0 fully saturated rings. The first-order valence-corrected chi connectivity index (χ1v) is 9.69. The lowest BCUT2D eigenvalue weighted by molar-refractivity contribution is 0.102. The normalized spacial score (nSPS) is 14.5. The van der Waals surface area contributed by atoms with Crippen LogP contribution in [0.4, 0.5) is 15.2 Å². The minimum atomic E-state index is -0.586. The van der Waals surface area contributed by atoms with Crippen molar-refractivity contribution < 1.29 is 9.18 Å². The molecule has 1 aliphatic heterocycles. The van der Waals surface area contributed by atoms with Crippen LogP contribution in [0.3, 0.4) is 0 Å². The van der Waals surface area contributed by atoms with Crippen molar-refractivity contribution in [2.75, 3.05) is 23.3 Å². The van der Waals surface area contributed by atoms with Crippen LogP contribution in [-0.4, -0.2) is 38.7 Å². The average Bonchev–Trinajstić information content (AvgIpc) is 3.34. The van der Waals surface area contributed by atoms with Gasteiger partial charge in [-0.05, 0) is 31.1 Å². The monoisotopic (exact) mass is 398 g/mol. The Labute approximate surface area is 165 Å². The Morgan fingerprint density at radius 1 is 1.36 bits per heavy atom. The van der Waals surface area contributed by atoms with Gasteiger partial charge in [0.25, 0.3) is 5.91 Å². The minimum Gasteiger partial charge on any atom is -0.343 e. The van der Waals surface area contributed by atoms with Crippen molar-refractivity contribution in [3.8, 4) is 0 Å². The number of amides is 1. The fraction of sp³-hybridized carbons (Fsp3) is 0.263. The molecule has 7 nitrogen and oxygen atoms in total. The maximum atomic E-state index is 13.7. The summed E-state index contributed by atoms with van der Waals surface area (Å²) in [6, 6.07) is 3.16. The number of aryl methyl sites for hydroxylation is 1. The Kier molecular flexibility index (Phi) is 4.91. The Hall–Kier alpha value is -3.07. The van der Waals surface area contributed by atoms with Gasteiger partial charge in [-0.25, -0.2) is 9.37 Å². The van der Waals surface area contributed by atoms with Crippen LogP contribution in [0.15, 0.2) is 41.7 Å². The number of carbonyl (C=O) groups excluding carboxylic acids is 1. The van der Waals surface area contributed by atoms with Gasteiger partial charge in [0, 0.05) is 37.9 Å². The number of thiazole rings is 1. The highest BCUT2D eigenvalue weighted by molar-refractivity contribution is 7.13. The Morgan fingerprint density at radius 3 is 2.96 bits per heavy atom. The van der Waals surface area contributed by atoms with Crippen LogP contribution in [0.25, 0.3) is 5.57 Å². The SMILES string of the molecule is CC1=C(c2cc(C(=O)Nc3ccncc3F)nn2C)CN(c2nccs2)CC1. The van der Waals surface area contributed by atoms with Crippen LogP contribution in [0.5, 0.6) is 0 Å². The zero-order chi connectivity index (χ0) is 19.7. The molecule has 0 bridgehead atoms. The van der Waals surface area contributed by atoms with Crippen molar-refractivity contribution in [3.63, 3.8) is 0 Å². The van der Waals surface area contributed by atoms with Crippen LogP contribution >= 0.6 is 11.3 Å². The van der Waals surface area contributed by atoms with Crippen LogP contribution in [0.2, 0.25) is 0 Å². The van der Waals surface area contributed by atoms with Crippen LogP contribution in [0.1, 0.15) is 29.5 Å². The van der Waals surface area contributed by atoms with E-state index in [9.17, 15) is 9.18 Å². The number of carbonyl (C=O) groups is 1. The molecule has 3 aromatic heterocycles. The molecule has 9 heteroatoms. The third-order valence-corrected chi connectivity index (χ3v) is 5.59. The van der Waals surface area contributed by atoms with E-state index in [1.54, 1.807) is 28.3 Å². The molecule has 4 rings (SSSR count). The van der Waals surface area contributed by atoms with Crippen molar-refractivity contribution in [1.82, 2.24) is 19.7 Å². The van der Waals surface area contributed by atoms with E-state index >= 15 is 0 Å². The highest BCUT2D eigenvalue weighted by Crippen LogP contribution is 2.30. The summed E-state index contributed by atoms with van der Waals surface area (Å²) in [7, 11) is 1.81. The highest BCUT2D eigenvalue weighted by atomic mass is 32.1. The Bertz CT molecular complexity index is 1040. The van der Waals surface area contributed by atoms with E-state index in [1.165, 1.54) is 17.8 Å². The molecule has 1 amide bonds. The first-order chi connectivity index (χ1) is 13.5. The van der Waals surface area contributed by atoms with Crippen molar-refractivity contribution in [1.29, 1.82) is 0 Å².